The lowest BCUT2D eigenvalue weighted by molar-refractivity contribution is 0.212. The van der Waals surface area contributed by atoms with E-state index in [4.69, 9.17) is 4.74 Å². The summed E-state index contributed by atoms with van der Waals surface area (Å²) < 4.78 is 19.2. The van der Waals surface area contributed by atoms with Crippen LogP contribution in [0.5, 0.6) is 5.75 Å². The van der Waals surface area contributed by atoms with Crippen molar-refractivity contribution >= 4 is 0 Å². The van der Waals surface area contributed by atoms with E-state index >= 15 is 0 Å². The van der Waals surface area contributed by atoms with E-state index in [0.717, 1.165) is 22.3 Å². The Morgan fingerprint density at radius 2 is 1.65 bits per heavy atom. The van der Waals surface area contributed by atoms with E-state index in [1.807, 2.05) is 32.9 Å². The fourth-order valence-corrected chi connectivity index (χ4v) is 2.34. The summed E-state index contributed by atoms with van der Waals surface area (Å²) in [5.41, 5.74) is 4.14. The first kappa shape index (κ1) is 14.5. The number of methoxy groups -OCH3 is 1. The van der Waals surface area contributed by atoms with Gasteiger partial charge in [-0.1, -0.05) is 24.3 Å². The molecule has 0 aromatic heterocycles. The predicted octanol–water partition coefficient (Wildman–Crippen LogP) is 3.84. The molecule has 106 valence electrons. The van der Waals surface area contributed by atoms with Gasteiger partial charge in [0.05, 0.1) is 7.11 Å². The quantitative estimate of drug-likeness (QED) is 0.921. The minimum atomic E-state index is -0.996. The number of ether oxygens (including phenoxy) is 1. The molecule has 0 radical (unpaired) electrons. The van der Waals surface area contributed by atoms with E-state index in [2.05, 4.69) is 0 Å². The summed E-state index contributed by atoms with van der Waals surface area (Å²) in [5, 5.41) is 10.5. The van der Waals surface area contributed by atoms with Crippen molar-refractivity contribution in [3.63, 3.8) is 0 Å². The molecule has 2 nitrogen and oxygen atoms in total. The molecular weight excluding hydrogens is 255 g/mol. The van der Waals surface area contributed by atoms with Gasteiger partial charge in [0.1, 0.15) is 6.10 Å². The third-order valence-corrected chi connectivity index (χ3v) is 3.68. The van der Waals surface area contributed by atoms with Gasteiger partial charge in [-0.3, -0.25) is 0 Å². The molecule has 0 aliphatic heterocycles. The third-order valence-electron chi connectivity index (χ3n) is 3.68. The molecule has 1 unspecified atom stereocenters. The van der Waals surface area contributed by atoms with Gasteiger partial charge in [0, 0.05) is 5.56 Å². The van der Waals surface area contributed by atoms with Crippen LogP contribution in [0.4, 0.5) is 4.39 Å². The number of rotatable bonds is 3. The second-order valence-corrected chi connectivity index (χ2v) is 5.06. The van der Waals surface area contributed by atoms with E-state index in [1.54, 1.807) is 18.2 Å². The molecule has 0 fully saturated rings. The number of aliphatic hydroxyl groups is 1. The van der Waals surface area contributed by atoms with Crippen LogP contribution in [0.2, 0.25) is 0 Å². The van der Waals surface area contributed by atoms with Crippen molar-refractivity contribution in [3.8, 4) is 5.75 Å². The average molecular weight is 274 g/mol. The zero-order chi connectivity index (χ0) is 14.9. The molecule has 0 saturated heterocycles. The molecule has 0 saturated carbocycles. The lowest BCUT2D eigenvalue weighted by Gasteiger charge is -2.17. The fourth-order valence-electron chi connectivity index (χ4n) is 2.34. The number of aryl methyl sites for hydroxylation is 3. The zero-order valence-corrected chi connectivity index (χ0v) is 12.2. The Hall–Kier alpha value is -1.87. The summed E-state index contributed by atoms with van der Waals surface area (Å²) in [6.45, 7) is 5.92. The minimum Gasteiger partial charge on any atom is -0.494 e. The second kappa shape index (κ2) is 5.63. The van der Waals surface area contributed by atoms with Crippen LogP contribution in [0.1, 0.15) is 33.9 Å². The van der Waals surface area contributed by atoms with Crippen molar-refractivity contribution in [2.45, 2.75) is 26.9 Å². The summed E-state index contributed by atoms with van der Waals surface area (Å²) >= 11 is 0. The molecule has 20 heavy (non-hydrogen) atoms. The van der Waals surface area contributed by atoms with Gasteiger partial charge in [-0.2, -0.15) is 0 Å². The fraction of sp³-hybridized carbons (Fsp3) is 0.294. The van der Waals surface area contributed by atoms with E-state index in [-0.39, 0.29) is 11.3 Å². The maximum absolute atomic E-state index is 14.2. The summed E-state index contributed by atoms with van der Waals surface area (Å²) in [6.07, 6.45) is -0.996. The van der Waals surface area contributed by atoms with E-state index in [1.165, 1.54) is 7.11 Å². The highest BCUT2D eigenvalue weighted by Crippen LogP contribution is 2.31. The number of benzene rings is 2. The maximum atomic E-state index is 14.2. The van der Waals surface area contributed by atoms with E-state index < -0.39 is 11.9 Å². The largest absolute Gasteiger partial charge is 0.494 e. The average Bonchev–Trinajstić information content (AvgIpc) is 2.42. The highest BCUT2D eigenvalue weighted by Gasteiger charge is 2.19. The Kier molecular flexibility index (Phi) is 4.09. The molecule has 0 spiro atoms. The SMILES string of the molecule is COc1cccc(C(O)c2cc(C)c(C)cc2C)c1F. The predicted molar refractivity (Wildman–Crippen MR) is 77.7 cm³/mol. The van der Waals surface area contributed by atoms with Crippen molar-refractivity contribution in [1.82, 2.24) is 0 Å². The van der Waals surface area contributed by atoms with Gasteiger partial charge in [0.25, 0.3) is 0 Å². The van der Waals surface area contributed by atoms with Gasteiger partial charge in [-0.25, -0.2) is 4.39 Å². The molecule has 0 aliphatic rings. The number of halogens is 1. The molecule has 2 rings (SSSR count). The Morgan fingerprint density at radius 1 is 1.00 bits per heavy atom. The lowest BCUT2D eigenvalue weighted by Crippen LogP contribution is -2.06. The van der Waals surface area contributed by atoms with Crippen LogP contribution in [-0.2, 0) is 0 Å². The standard InChI is InChI=1S/C17H19FO2/c1-10-8-12(3)14(9-11(10)2)17(19)13-6-5-7-15(20-4)16(13)18/h5-9,17,19H,1-4H3. The smallest absolute Gasteiger partial charge is 0.171 e. The molecule has 0 amide bonds. The van der Waals surface area contributed by atoms with E-state index in [9.17, 15) is 9.50 Å². The highest BCUT2D eigenvalue weighted by molar-refractivity contribution is 5.43. The van der Waals surface area contributed by atoms with Crippen LogP contribution in [0.3, 0.4) is 0 Å². The molecule has 2 aromatic carbocycles. The third kappa shape index (κ3) is 2.54. The van der Waals surface area contributed by atoms with Gasteiger partial charge < -0.3 is 9.84 Å². The van der Waals surface area contributed by atoms with E-state index in [0.29, 0.717) is 0 Å². The Balaban J connectivity index is 2.52. The first-order chi connectivity index (χ1) is 9.45. The lowest BCUT2D eigenvalue weighted by atomic mass is 9.93. The number of hydrogen-bond donors (Lipinski definition) is 1. The Morgan fingerprint density at radius 3 is 2.30 bits per heavy atom. The maximum Gasteiger partial charge on any atom is 0.171 e. The van der Waals surface area contributed by atoms with Crippen LogP contribution in [0.25, 0.3) is 0 Å². The summed E-state index contributed by atoms with van der Waals surface area (Å²) in [6, 6.07) is 8.72. The van der Waals surface area contributed by atoms with Gasteiger partial charge in [-0.05, 0) is 49.1 Å². The van der Waals surface area contributed by atoms with Crippen molar-refractivity contribution in [1.29, 1.82) is 0 Å². The molecule has 0 heterocycles. The van der Waals surface area contributed by atoms with Crippen LogP contribution in [0, 0.1) is 26.6 Å². The Labute approximate surface area is 118 Å². The first-order valence-corrected chi connectivity index (χ1v) is 6.54. The number of aliphatic hydroxyl groups excluding tert-OH is 1. The van der Waals surface area contributed by atoms with Crippen LogP contribution >= 0.6 is 0 Å². The normalized spacial score (nSPS) is 12.3. The van der Waals surface area contributed by atoms with Crippen LogP contribution in [0.15, 0.2) is 30.3 Å². The van der Waals surface area contributed by atoms with Crippen molar-refractivity contribution in [2.75, 3.05) is 7.11 Å². The van der Waals surface area contributed by atoms with Gasteiger partial charge in [-0.15, -0.1) is 0 Å². The molecule has 1 atom stereocenters. The molecule has 2 aromatic rings. The minimum absolute atomic E-state index is 0.142. The summed E-state index contributed by atoms with van der Waals surface area (Å²) in [5.74, 6) is -0.372. The van der Waals surface area contributed by atoms with Gasteiger partial charge in [0.15, 0.2) is 11.6 Å². The van der Waals surface area contributed by atoms with Crippen molar-refractivity contribution in [3.05, 3.63) is 64.0 Å². The monoisotopic (exact) mass is 274 g/mol. The van der Waals surface area contributed by atoms with Crippen molar-refractivity contribution in [2.24, 2.45) is 0 Å². The van der Waals surface area contributed by atoms with Crippen LogP contribution < -0.4 is 4.74 Å². The zero-order valence-electron chi connectivity index (χ0n) is 12.2. The Bertz CT molecular complexity index is 635. The molecule has 1 N–H and O–H groups in total. The van der Waals surface area contributed by atoms with Gasteiger partial charge in [0.2, 0.25) is 0 Å². The molecular formula is C17H19FO2. The second-order valence-electron chi connectivity index (χ2n) is 5.06. The molecule has 0 aliphatic carbocycles. The molecule has 0 bridgehead atoms. The van der Waals surface area contributed by atoms with Gasteiger partial charge >= 0.3 is 0 Å². The first-order valence-electron chi connectivity index (χ1n) is 6.54. The number of hydrogen-bond acceptors (Lipinski definition) is 2. The topological polar surface area (TPSA) is 29.5 Å². The summed E-state index contributed by atoms with van der Waals surface area (Å²) in [7, 11) is 1.41. The highest BCUT2D eigenvalue weighted by atomic mass is 19.1. The van der Waals surface area contributed by atoms with Crippen LogP contribution in [-0.4, -0.2) is 12.2 Å². The van der Waals surface area contributed by atoms with Crippen molar-refractivity contribution < 1.29 is 14.2 Å². The summed E-state index contributed by atoms with van der Waals surface area (Å²) in [4.78, 5) is 0. The molecule has 3 heteroatoms.